The number of aromatic amines is 1. The highest BCUT2D eigenvalue weighted by Crippen LogP contribution is 2.32. The van der Waals surface area contributed by atoms with Crippen molar-refractivity contribution < 1.29 is 20.1 Å². The fourth-order valence-electron chi connectivity index (χ4n) is 2.12. The predicted octanol–water partition coefficient (Wildman–Crippen LogP) is -1.91. The molecule has 1 saturated heterocycles. The van der Waals surface area contributed by atoms with Crippen LogP contribution in [0.25, 0.3) is 11.2 Å². The highest BCUT2D eigenvalue weighted by Gasteiger charge is 2.44. The lowest BCUT2D eigenvalue weighted by molar-refractivity contribution is -0.0251. The Balaban J connectivity index is 2.00. The zero-order valence-electron chi connectivity index (χ0n) is 9.76. The maximum Gasteiger partial charge on any atom is 0.164 e. The zero-order valence-corrected chi connectivity index (χ0v) is 9.76. The number of nitrogens with one attached hydrogen (secondary N) is 1. The van der Waals surface area contributed by atoms with Gasteiger partial charge in [0.1, 0.15) is 29.9 Å². The van der Waals surface area contributed by atoms with Gasteiger partial charge in [0.05, 0.1) is 12.9 Å². The quantitative estimate of drug-likeness (QED) is 0.423. The summed E-state index contributed by atoms with van der Waals surface area (Å²) in [6.45, 7) is -0.406. The molecule has 0 aromatic carbocycles. The Kier molecular flexibility index (Phi) is 2.82. The second-order valence-electron chi connectivity index (χ2n) is 4.33. The molecular weight excluding hydrogens is 254 g/mol. The molecule has 0 amide bonds. The average Bonchev–Trinajstić information content (AvgIpc) is 2.96. The third-order valence-electron chi connectivity index (χ3n) is 3.12. The topological polar surface area (TPSA) is 150 Å². The van der Waals surface area contributed by atoms with E-state index in [1.807, 2.05) is 0 Å². The van der Waals surface area contributed by atoms with Crippen LogP contribution in [0.15, 0.2) is 6.33 Å². The molecule has 9 nitrogen and oxygen atoms in total. The van der Waals surface area contributed by atoms with E-state index in [2.05, 4.69) is 19.9 Å². The van der Waals surface area contributed by atoms with Gasteiger partial charge in [0.15, 0.2) is 17.3 Å². The molecule has 0 saturated carbocycles. The van der Waals surface area contributed by atoms with E-state index in [9.17, 15) is 10.2 Å². The summed E-state index contributed by atoms with van der Waals surface area (Å²) in [5, 5.41) is 28.6. The lowest BCUT2D eigenvalue weighted by Crippen LogP contribution is -2.32. The molecule has 3 heterocycles. The lowest BCUT2D eigenvalue weighted by Gasteiger charge is -2.13. The molecule has 0 radical (unpaired) electrons. The molecule has 0 unspecified atom stereocenters. The number of rotatable bonds is 2. The Hall–Kier alpha value is -1.81. The molecule has 1 aliphatic rings. The number of imidazole rings is 1. The van der Waals surface area contributed by atoms with E-state index in [4.69, 9.17) is 15.6 Å². The van der Waals surface area contributed by atoms with Crippen LogP contribution in [0.2, 0.25) is 0 Å². The fraction of sp³-hybridized carbons (Fsp3) is 0.500. The van der Waals surface area contributed by atoms with E-state index in [1.54, 1.807) is 0 Å². The van der Waals surface area contributed by atoms with Crippen LogP contribution in [-0.4, -0.2) is 60.2 Å². The normalized spacial score (nSPS) is 31.1. The first-order chi connectivity index (χ1) is 9.11. The van der Waals surface area contributed by atoms with Crippen molar-refractivity contribution in [1.82, 2.24) is 19.9 Å². The largest absolute Gasteiger partial charge is 0.394 e. The number of aliphatic hydroxyl groups is 3. The van der Waals surface area contributed by atoms with Crippen LogP contribution >= 0.6 is 0 Å². The number of anilines is 1. The summed E-state index contributed by atoms with van der Waals surface area (Å²) in [5.41, 5.74) is 6.58. The van der Waals surface area contributed by atoms with Crippen molar-refractivity contribution in [2.75, 3.05) is 12.3 Å². The van der Waals surface area contributed by atoms with Crippen LogP contribution < -0.4 is 5.73 Å². The molecule has 1 aliphatic heterocycles. The number of hydrogen-bond donors (Lipinski definition) is 5. The number of hydrogen-bond acceptors (Lipinski definition) is 8. The Morgan fingerprint density at radius 3 is 2.79 bits per heavy atom. The number of nitrogens with two attached hydrogens (primary N) is 1. The number of H-pyrrole nitrogens is 1. The van der Waals surface area contributed by atoms with Gasteiger partial charge < -0.3 is 30.8 Å². The molecule has 2 aromatic rings. The van der Waals surface area contributed by atoms with Gasteiger partial charge in [0.25, 0.3) is 0 Å². The minimum atomic E-state index is -1.23. The molecule has 19 heavy (non-hydrogen) atoms. The van der Waals surface area contributed by atoms with Crippen LogP contribution in [0.5, 0.6) is 0 Å². The average molecular weight is 267 g/mol. The Bertz CT molecular complexity index is 603. The van der Waals surface area contributed by atoms with Crippen molar-refractivity contribution in [1.29, 1.82) is 0 Å². The molecule has 4 atom stereocenters. The summed E-state index contributed by atoms with van der Waals surface area (Å²) in [5.74, 6) is 0.288. The van der Waals surface area contributed by atoms with Gasteiger partial charge in [-0.05, 0) is 0 Å². The molecule has 0 bridgehead atoms. The first-order valence-electron chi connectivity index (χ1n) is 5.70. The van der Waals surface area contributed by atoms with Crippen molar-refractivity contribution >= 4 is 17.0 Å². The lowest BCUT2D eigenvalue weighted by atomic mass is 10.1. The molecule has 9 heteroatoms. The summed E-state index contributed by atoms with van der Waals surface area (Å²) < 4.78 is 5.34. The third-order valence-corrected chi connectivity index (χ3v) is 3.12. The summed E-state index contributed by atoms with van der Waals surface area (Å²) >= 11 is 0. The number of fused-ring (bicyclic) bond motifs is 1. The van der Waals surface area contributed by atoms with Gasteiger partial charge in [-0.2, -0.15) is 0 Å². The Labute approximate surface area is 107 Å². The van der Waals surface area contributed by atoms with Gasteiger partial charge in [-0.25, -0.2) is 15.0 Å². The Morgan fingerprint density at radius 1 is 1.32 bits per heavy atom. The maximum absolute atomic E-state index is 9.89. The zero-order chi connectivity index (χ0) is 13.6. The Morgan fingerprint density at radius 2 is 2.11 bits per heavy atom. The van der Waals surface area contributed by atoms with Crippen LogP contribution in [0.3, 0.4) is 0 Å². The van der Waals surface area contributed by atoms with Gasteiger partial charge in [-0.1, -0.05) is 0 Å². The van der Waals surface area contributed by atoms with E-state index in [0.717, 1.165) is 0 Å². The number of nitrogen functional groups attached to an aromatic ring is 1. The van der Waals surface area contributed by atoms with Gasteiger partial charge in [-0.15, -0.1) is 0 Å². The van der Waals surface area contributed by atoms with E-state index < -0.39 is 31.0 Å². The molecule has 6 N–H and O–H groups in total. The van der Waals surface area contributed by atoms with Crippen LogP contribution in [0, 0.1) is 0 Å². The van der Waals surface area contributed by atoms with Crippen LogP contribution in [0.1, 0.15) is 11.9 Å². The number of aliphatic hydroxyl groups excluding tert-OH is 3. The first kappa shape index (κ1) is 12.2. The molecule has 2 aromatic heterocycles. The van der Waals surface area contributed by atoms with Crippen LogP contribution in [-0.2, 0) is 4.74 Å². The molecule has 0 spiro atoms. The first-order valence-corrected chi connectivity index (χ1v) is 5.70. The van der Waals surface area contributed by atoms with E-state index in [0.29, 0.717) is 11.2 Å². The smallest absolute Gasteiger partial charge is 0.164 e. The number of nitrogens with zero attached hydrogens (tertiary/aromatic N) is 3. The highest BCUT2D eigenvalue weighted by atomic mass is 16.6. The van der Waals surface area contributed by atoms with Gasteiger partial charge >= 0.3 is 0 Å². The van der Waals surface area contributed by atoms with Gasteiger partial charge in [-0.3, -0.25) is 0 Å². The van der Waals surface area contributed by atoms with E-state index in [1.165, 1.54) is 6.33 Å². The molecule has 102 valence electrons. The summed E-state index contributed by atoms with van der Waals surface area (Å²) in [4.78, 5) is 14.9. The molecule has 0 aliphatic carbocycles. The molecule has 3 rings (SSSR count). The van der Waals surface area contributed by atoms with Crippen molar-refractivity contribution in [3.63, 3.8) is 0 Å². The molecule has 1 fully saturated rings. The van der Waals surface area contributed by atoms with Crippen LogP contribution in [0.4, 0.5) is 5.82 Å². The van der Waals surface area contributed by atoms with Crippen molar-refractivity contribution in [2.24, 2.45) is 0 Å². The second kappa shape index (κ2) is 4.38. The minimum absolute atomic E-state index is 0.136. The van der Waals surface area contributed by atoms with Crippen molar-refractivity contribution in [2.45, 2.75) is 24.4 Å². The van der Waals surface area contributed by atoms with Gasteiger partial charge in [0, 0.05) is 0 Å². The van der Waals surface area contributed by atoms with E-state index in [-0.39, 0.29) is 11.6 Å². The summed E-state index contributed by atoms with van der Waals surface area (Å²) in [7, 11) is 0. The number of ether oxygens (including phenoxy) is 1. The minimum Gasteiger partial charge on any atom is -0.394 e. The fourth-order valence-corrected chi connectivity index (χ4v) is 2.12. The van der Waals surface area contributed by atoms with E-state index >= 15 is 0 Å². The molecular formula is C10H13N5O4. The predicted molar refractivity (Wildman–Crippen MR) is 62.8 cm³/mol. The number of aromatic nitrogens is 4. The summed E-state index contributed by atoms with van der Waals surface area (Å²) in [6.07, 6.45) is -2.81. The summed E-state index contributed by atoms with van der Waals surface area (Å²) in [6, 6.07) is 0. The monoisotopic (exact) mass is 267 g/mol. The van der Waals surface area contributed by atoms with Crippen molar-refractivity contribution in [3.05, 3.63) is 12.2 Å². The standard InChI is InChI=1S/C10H13N5O4/c11-8-4-9(13-2-12-4)15-10(14-8)7-6(18)5(17)3(1-16)19-7/h2-3,5-7,16-18H,1H2,(H3,11,12,13,14,15)/t3-,5+,6-,7-/m1/s1. The second-order valence-corrected chi connectivity index (χ2v) is 4.33. The highest BCUT2D eigenvalue weighted by molar-refractivity contribution is 5.80. The van der Waals surface area contributed by atoms with Gasteiger partial charge in [0.2, 0.25) is 0 Å². The SMILES string of the molecule is Nc1nc([C@@H]2O[C@H](CO)[C@H](O)[C@H]2O)nc2[nH]cnc12. The maximum atomic E-state index is 9.89. The third kappa shape index (κ3) is 1.83. The van der Waals surface area contributed by atoms with Crippen molar-refractivity contribution in [3.8, 4) is 0 Å².